The van der Waals surface area contributed by atoms with Gasteiger partial charge in [0.05, 0.1) is 0 Å². The van der Waals surface area contributed by atoms with Gasteiger partial charge in [-0.15, -0.1) is 0 Å². The van der Waals surface area contributed by atoms with E-state index in [-0.39, 0.29) is 0 Å². The Morgan fingerprint density at radius 1 is 1.41 bits per heavy atom. The summed E-state index contributed by atoms with van der Waals surface area (Å²) in [6, 6.07) is 0. The SMILES string of the molecule is CC1=CCC(CNCCN2CCNCC2)C=C1. The molecule has 0 aromatic heterocycles. The fourth-order valence-electron chi connectivity index (χ4n) is 2.38. The van der Waals surface area contributed by atoms with Crippen molar-refractivity contribution in [2.45, 2.75) is 13.3 Å². The zero-order chi connectivity index (χ0) is 11.9. The zero-order valence-corrected chi connectivity index (χ0v) is 10.9. The van der Waals surface area contributed by atoms with Gasteiger partial charge in [0.15, 0.2) is 0 Å². The van der Waals surface area contributed by atoms with Crippen LogP contribution in [0, 0.1) is 5.92 Å². The summed E-state index contributed by atoms with van der Waals surface area (Å²) in [6.45, 7) is 10.3. The lowest BCUT2D eigenvalue weighted by Crippen LogP contribution is -2.46. The van der Waals surface area contributed by atoms with Crippen LogP contribution in [0.2, 0.25) is 0 Å². The van der Waals surface area contributed by atoms with Gasteiger partial charge in [-0.2, -0.15) is 0 Å². The molecule has 0 bridgehead atoms. The van der Waals surface area contributed by atoms with Gasteiger partial charge < -0.3 is 10.6 Å². The minimum atomic E-state index is 0.696. The Morgan fingerprint density at radius 2 is 2.24 bits per heavy atom. The minimum Gasteiger partial charge on any atom is -0.315 e. The Kier molecular flexibility index (Phi) is 5.23. The fourth-order valence-corrected chi connectivity index (χ4v) is 2.38. The van der Waals surface area contributed by atoms with E-state index in [0.717, 1.165) is 26.2 Å². The Morgan fingerprint density at radius 3 is 2.94 bits per heavy atom. The molecule has 0 aromatic rings. The average Bonchev–Trinajstić information content (AvgIpc) is 2.38. The Bertz CT molecular complexity index is 277. The van der Waals surface area contributed by atoms with Gasteiger partial charge in [0.25, 0.3) is 0 Å². The summed E-state index contributed by atoms with van der Waals surface area (Å²) in [6.07, 6.45) is 8.12. The summed E-state index contributed by atoms with van der Waals surface area (Å²) in [5.41, 5.74) is 1.40. The molecule has 3 nitrogen and oxygen atoms in total. The number of rotatable bonds is 5. The number of allylic oxidation sites excluding steroid dienone is 3. The van der Waals surface area contributed by atoms with Gasteiger partial charge >= 0.3 is 0 Å². The minimum absolute atomic E-state index is 0.696. The van der Waals surface area contributed by atoms with E-state index < -0.39 is 0 Å². The third-order valence-electron chi connectivity index (χ3n) is 3.59. The van der Waals surface area contributed by atoms with Gasteiger partial charge in [-0.1, -0.05) is 23.8 Å². The van der Waals surface area contributed by atoms with E-state index in [1.165, 1.54) is 31.6 Å². The topological polar surface area (TPSA) is 27.3 Å². The van der Waals surface area contributed by atoms with Crippen molar-refractivity contribution < 1.29 is 0 Å². The van der Waals surface area contributed by atoms with Gasteiger partial charge in [0.1, 0.15) is 0 Å². The van der Waals surface area contributed by atoms with Gasteiger partial charge in [-0.3, -0.25) is 4.90 Å². The molecule has 0 amide bonds. The number of nitrogens with zero attached hydrogens (tertiary/aromatic N) is 1. The summed E-state index contributed by atoms with van der Waals surface area (Å²) >= 11 is 0. The number of hydrogen-bond donors (Lipinski definition) is 2. The Hall–Kier alpha value is -0.640. The first kappa shape index (κ1) is 12.8. The first-order valence-electron chi connectivity index (χ1n) is 6.83. The molecule has 96 valence electrons. The van der Waals surface area contributed by atoms with E-state index in [1.54, 1.807) is 0 Å². The van der Waals surface area contributed by atoms with E-state index in [2.05, 4.69) is 40.7 Å². The molecule has 1 atom stereocenters. The molecule has 1 aliphatic carbocycles. The highest BCUT2D eigenvalue weighted by Crippen LogP contribution is 2.14. The van der Waals surface area contributed by atoms with Crippen molar-refractivity contribution in [2.75, 3.05) is 45.8 Å². The number of nitrogens with one attached hydrogen (secondary N) is 2. The lowest BCUT2D eigenvalue weighted by atomic mass is 9.97. The second-order valence-corrected chi connectivity index (χ2v) is 5.10. The zero-order valence-electron chi connectivity index (χ0n) is 10.9. The van der Waals surface area contributed by atoms with Gasteiger partial charge in [0, 0.05) is 45.8 Å². The number of hydrogen-bond acceptors (Lipinski definition) is 3. The summed E-state index contributed by atoms with van der Waals surface area (Å²) in [7, 11) is 0. The summed E-state index contributed by atoms with van der Waals surface area (Å²) in [4.78, 5) is 2.53. The first-order valence-corrected chi connectivity index (χ1v) is 6.83. The van der Waals surface area contributed by atoms with Crippen LogP contribution in [-0.2, 0) is 0 Å². The Balaban J connectivity index is 1.53. The van der Waals surface area contributed by atoms with E-state index in [0.29, 0.717) is 5.92 Å². The quantitative estimate of drug-likeness (QED) is 0.696. The molecule has 1 heterocycles. The molecular formula is C14H25N3. The van der Waals surface area contributed by atoms with Crippen LogP contribution in [-0.4, -0.2) is 50.7 Å². The highest BCUT2D eigenvalue weighted by atomic mass is 15.2. The largest absolute Gasteiger partial charge is 0.315 e. The smallest absolute Gasteiger partial charge is 0.0108 e. The predicted molar refractivity (Wildman–Crippen MR) is 73.2 cm³/mol. The molecule has 2 N–H and O–H groups in total. The van der Waals surface area contributed by atoms with Crippen LogP contribution in [0.3, 0.4) is 0 Å². The Labute approximate surface area is 105 Å². The normalized spacial score (nSPS) is 25.9. The van der Waals surface area contributed by atoms with Crippen LogP contribution in [0.25, 0.3) is 0 Å². The maximum Gasteiger partial charge on any atom is 0.0108 e. The molecule has 1 saturated heterocycles. The van der Waals surface area contributed by atoms with Crippen molar-refractivity contribution in [1.82, 2.24) is 15.5 Å². The predicted octanol–water partition coefficient (Wildman–Crippen LogP) is 1.00. The lowest BCUT2D eigenvalue weighted by Gasteiger charge is -2.27. The van der Waals surface area contributed by atoms with Crippen molar-refractivity contribution in [3.05, 3.63) is 23.8 Å². The molecule has 1 fully saturated rings. The maximum atomic E-state index is 3.57. The summed E-state index contributed by atoms with van der Waals surface area (Å²) < 4.78 is 0. The van der Waals surface area contributed by atoms with Crippen molar-refractivity contribution >= 4 is 0 Å². The van der Waals surface area contributed by atoms with Crippen LogP contribution in [0.15, 0.2) is 23.8 Å². The molecule has 17 heavy (non-hydrogen) atoms. The second-order valence-electron chi connectivity index (χ2n) is 5.10. The molecule has 1 aliphatic heterocycles. The van der Waals surface area contributed by atoms with Crippen molar-refractivity contribution in [1.29, 1.82) is 0 Å². The average molecular weight is 235 g/mol. The monoisotopic (exact) mass is 235 g/mol. The van der Waals surface area contributed by atoms with Crippen LogP contribution in [0.4, 0.5) is 0 Å². The summed E-state index contributed by atoms with van der Waals surface area (Å²) in [5.74, 6) is 0.696. The number of piperazine rings is 1. The van der Waals surface area contributed by atoms with Gasteiger partial charge in [0.2, 0.25) is 0 Å². The summed E-state index contributed by atoms with van der Waals surface area (Å²) in [5, 5.41) is 6.96. The molecule has 0 spiro atoms. The third-order valence-corrected chi connectivity index (χ3v) is 3.59. The third kappa shape index (κ3) is 4.62. The van der Waals surface area contributed by atoms with Crippen LogP contribution < -0.4 is 10.6 Å². The molecule has 0 radical (unpaired) electrons. The van der Waals surface area contributed by atoms with E-state index in [1.807, 2.05) is 0 Å². The molecule has 0 saturated carbocycles. The van der Waals surface area contributed by atoms with Crippen molar-refractivity contribution in [3.8, 4) is 0 Å². The van der Waals surface area contributed by atoms with E-state index in [9.17, 15) is 0 Å². The molecule has 2 aliphatic rings. The highest BCUT2D eigenvalue weighted by Gasteiger charge is 2.09. The van der Waals surface area contributed by atoms with E-state index >= 15 is 0 Å². The standard InChI is InChI=1S/C14H25N3/c1-13-2-4-14(5-3-13)12-16-8-11-17-9-6-15-7-10-17/h2-4,14-16H,5-12H2,1H3. The van der Waals surface area contributed by atoms with E-state index in [4.69, 9.17) is 0 Å². The maximum absolute atomic E-state index is 3.57. The van der Waals surface area contributed by atoms with Crippen molar-refractivity contribution in [2.24, 2.45) is 5.92 Å². The van der Waals surface area contributed by atoms with Crippen LogP contribution in [0.1, 0.15) is 13.3 Å². The van der Waals surface area contributed by atoms with Crippen LogP contribution >= 0.6 is 0 Å². The van der Waals surface area contributed by atoms with Gasteiger partial charge in [-0.05, 0) is 19.3 Å². The second kappa shape index (κ2) is 6.94. The molecular weight excluding hydrogens is 210 g/mol. The highest BCUT2D eigenvalue weighted by molar-refractivity contribution is 5.21. The fraction of sp³-hybridized carbons (Fsp3) is 0.714. The lowest BCUT2D eigenvalue weighted by molar-refractivity contribution is 0.240. The van der Waals surface area contributed by atoms with Crippen LogP contribution in [0.5, 0.6) is 0 Å². The molecule has 1 unspecified atom stereocenters. The van der Waals surface area contributed by atoms with Crippen molar-refractivity contribution in [3.63, 3.8) is 0 Å². The molecule has 2 rings (SSSR count). The molecule has 0 aromatic carbocycles. The molecule has 3 heteroatoms. The first-order chi connectivity index (χ1) is 8.34. The van der Waals surface area contributed by atoms with Gasteiger partial charge in [-0.25, -0.2) is 0 Å².